The first-order valence-corrected chi connectivity index (χ1v) is 4.52. The summed E-state index contributed by atoms with van der Waals surface area (Å²) < 4.78 is 13.1. The standard InChI is InChI=1S/C12H14F/c1-2-3-4-5-8-11-9-6-7-10-12(11)13/h3-4,6-7,9-10H,1-2,5,8H2/b4-3+. The molecule has 1 radical (unpaired) electrons. The van der Waals surface area contributed by atoms with Crippen LogP contribution in [0.25, 0.3) is 0 Å². The summed E-state index contributed by atoms with van der Waals surface area (Å²) in [6.45, 7) is 3.69. The van der Waals surface area contributed by atoms with Gasteiger partial charge in [-0.1, -0.05) is 30.4 Å². The minimum atomic E-state index is -0.106. The van der Waals surface area contributed by atoms with Gasteiger partial charge in [0.05, 0.1) is 0 Å². The highest BCUT2D eigenvalue weighted by molar-refractivity contribution is 5.17. The number of allylic oxidation sites excluding steroid dienone is 2. The minimum absolute atomic E-state index is 0.106. The van der Waals surface area contributed by atoms with Crippen molar-refractivity contribution in [1.82, 2.24) is 0 Å². The zero-order chi connectivity index (χ0) is 9.52. The van der Waals surface area contributed by atoms with Gasteiger partial charge in [-0.05, 0) is 37.8 Å². The van der Waals surface area contributed by atoms with Crippen molar-refractivity contribution in [3.63, 3.8) is 0 Å². The Hall–Kier alpha value is -1.11. The third-order valence-electron chi connectivity index (χ3n) is 1.87. The zero-order valence-corrected chi connectivity index (χ0v) is 7.67. The van der Waals surface area contributed by atoms with E-state index in [1.807, 2.05) is 24.3 Å². The van der Waals surface area contributed by atoms with E-state index in [2.05, 4.69) is 6.92 Å². The number of hydrogen-bond acceptors (Lipinski definition) is 0. The van der Waals surface area contributed by atoms with Gasteiger partial charge >= 0.3 is 0 Å². The molecule has 0 aliphatic carbocycles. The maximum absolute atomic E-state index is 13.1. The Morgan fingerprint density at radius 1 is 1.23 bits per heavy atom. The normalized spacial score (nSPS) is 10.9. The van der Waals surface area contributed by atoms with Crippen molar-refractivity contribution >= 4 is 0 Å². The fourth-order valence-electron chi connectivity index (χ4n) is 1.18. The lowest BCUT2D eigenvalue weighted by Crippen LogP contribution is -1.87. The molecule has 0 N–H and O–H groups in total. The second-order valence-electron chi connectivity index (χ2n) is 2.89. The van der Waals surface area contributed by atoms with Crippen molar-refractivity contribution in [2.45, 2.75) is 19.3 Å². The second kappa shape index (κ2) is 5.52. The summed E-state index contributed by atoms with van der Waals surface area (Å²) in [4.78, 5) is 0. The Morgan fingerprint density at radius 2 is 2.00 bits per heavy atom. The van der Waals surface area contributed by atoms with Crippen LogP contribution < -0.4 is 0 Å². The Balaban J connectivity index is 2.45. The first-order valence-electron chi connectivity index (χ1n) is 4.52. The number of hydrogen-bond donors (Lipinski definition) is 0. The minimum Gasteiger partial charge on any atom is -0.207 e. The smallest absolute Gasteiger partial charge is 0.126 e. The summed E-state index contributed by atoms with van der Waals surface area (Å²) in [5, 5.41) is 0. The van der Waals surface area contributed by atoms with Gasteiger partial charge in [0.25, 0.3) is 0 Å². The van der Waals surface area contributed by atoms with Crippen molar-refractivity contribution in [2.75, 3.05) is 0 Å². The van der Waals surface area contributed by atoms with Crippen LogP contribution in [0.1, 0.15) is 18.4 Å². The molecule has 1 aromatic rings. The van der Waals surface area contributed by atoms with Crippen LogP contribution in [0.3, 0.4) is 0 Å². The summed E-state index contributed by atoms with van der Waals surface area (Å²) in [5.74, 6) is -0.106. The Labute approximate surface area is 79.1 Å². The highest BCUT2D eigenvalue weighted by Gasteiger charge is 1.97. The zero-order valence-electron chi connectivity index (χ0n) is 7.67. The molecule has 1 heteroatoms. The summed E-state index contributed by atoms with van der Waals surface area (Å²) in [6, 6.07) is 6.90. The molecular formula is C12H14F. The number of rotatable bonds is 4. The molecule has 13 heavy (non-hydrogen) atoms. The van der Waals surface area contributed by atoms with E-state index in [1.165, 1.54) is 6.07 Å². The number of benzene rings is 1. The first kappa shape index (κ1) is 9.97. The molecular weight excluding hydrogens is 163 g/mol. The molecule has 0 amide bonds. The lowest BCUT2D eigenvalue weighted by molar-refractivity contribution is 0.609. The number of aryl methyl sites for hydroxylation is 1. The molecule has 0 spiro atoms. The van der Waals surface area contributed by atoms with E-state index in [1.54, 1.807) is 6.07 Å². The highest BCUT2D eigenvalue weighted by Crippen LogP contribution is 2.08. The van der Waals surface area contributed by atoms with Crippen molar-refractivity contribution in [3.05, 3.63) is 54.7 Å². The lowest BCUT2D eigenvalue weighted by atomic mass is 10.1. The van der Waals surface area contributed by atoms with Crippen LogP contribution in [0.4, 0.5) is 4.39 Å². The van der Waals surface area contributed by atoms with Gasteiger partial charge in [-0.2, -0.15) is 0 Å². The molecule has 0 bridgehead atoms. The Kier molecular flexibility index (Phi) is 4.24. The van der Waals surface area contributed by atoms with E-state index in [9.17, 15) is 4.39 Å². The van der Waals surface area contributed by atoms with Crippen LogP contribution in [0, 0.1) is 12.7 Å². The van der Waals surface area contributed by atoms with Gasteiger partial charge in [-0.25, -0.2) is 4.39 Å². The average Bonchev–Trinajstić information content (AvgIpc) is 2.15. The van der Waals surface area contributed by atoms with Gasteiger partial charge in [0.2, 0.25) is 0 Å². The van der Waals surface area contributed by atoms with Crippen molar-refractivity contribution in [1.29, 1.82) is 0 Å². The molecule has 0 saturated carbocycles. The van der Waals surface area contributed by atoms with Crippen molar-refractivity contribution in [3.8, 4) is 0 Å². The highest BCUT2D eigenvalue weighted by atomic mass is 19.1. The summed E-state index contributed by atoms with van der Waals surface area (Å²) >= 11 is 0. The molecule has 0 unspecified atom stereocenters. The van der Waals surface area contributed by atoms with Crippen LogP contribution in [0.15, 0.2) is 36.4 Å². The number of halogens is 1. The molecule has 69 valence electrons. The lowest BCUT2D eigenvalue weighted by Gasteiger charge is -1.98. The Bertz CT molecular complexity index is 276. The third kappa shape index (κ3) is 3.41. The fourth-order valence-corrected chi connectivity index (χ4v) is 1.18. The molecule has 0 fully saturated rings. The Morgan fingerprint density at radius 3 is 2.69 bits per heavy atom. The maximum atomic E-state index is 13.1. The van der Waals surface area contributed by atoms with Crippen molar-refractivity contribution < 1.29 is 4.39 Å². The van der Waals surface area contributed by atoms with Gasteiger partial charge in [-0.3, -0.25) is 0 Å². The van der Waals surface area contributed by atoms with Gasteiger partial charge < -0.3 is 0 Å². The molecule has 0 aromatic heterocycles. The van der Waals surface area contributed by atoms with Gasteiger partial charge in [0, 0.05) is 0 Å². The predicted octanol–water partition coefficient (Wildman–Crippen LogP) is 3.54. The van der Waals surface area contributed by atoms with Gasteiger partial charge in [-0.15, -0.1) is 0 Å². The molecule has 0 nitrogen and oxygen atoms in total. The monoisotopic (exact) mass is 177 g/mol. The predicted molar refractivity (Wildman–Crippen MR) is 53.8 cm³/mol. The molecule has 0 saturated heterocycles. The van der Waals surface area contributed by atoms with Crippen LogP contribution in [0.2, 0.25) is 0 Å². The van der Waals surface area contributed by atoms with Crippen molar-refractivity contribution in [2.24, 2.45) is 0 Å². The molecule has 0 aliphatic heterocycles. The average molecular weight is 177 g/mol. The molecule has 0 aliphatic rings. The third-order valence-corrected chi connectivity index (χ3v) is 1.87. The van der Waals surface area contributed by atoms with E-state index in [4.69, 9.17) is 0 Å². The van der Waals surface area contributed by atoms with Gasteiger partial charge in [0.1, 0.15) is 5.82 Å². The van der Waals surface area contributed by atoms with Crippen LogP contribution in [-0.4, -0.2) is 0 Å². The topological polar surface area (TPSA) is 0 Å². The van der Waals surface area contributed by atoms with Crippen LogP contribution in [-0.2, 0) is 6.42 Å². The maximum Gasteiger partial charge on any atom is 0.126 e. The molecule has 1 aromatic carbocycles. The van der Waals surface area contributed by atoms with E-state index >= 15 is 0 Å². The summed E-state index contributed by atoms with van der Waals surface area (Å²) in [7, 11) is 0. The molecule has 0 heterocycles. The summed E-state index contributed by atoms with van der Waals surface area (Å²) in [5.41, 5.74) is 0.788. The van der Waals surface area contributed by atoms with E-state index in [0.717, 1.165) is 24.8 Å². The molecule has 0 atom stereocenters. The molecule has 1 rings (SSSR count). The van der Waals surface area contributed by atoms with Gasteiger partial charge in [0.15, 0.2) is 0 Å². The fraction of sp³-hybridized carbons (Fsp3) is 0.250. The largest absolute Gasteiger partial charge is 0.207 e. The van der Waals surface area contributed by atoms with E-state index < -0.39 is 0 Å². The first-order chi connectivity index (χ1) is 6.34. The SMILES string of the molecule is [CH2]C/C=C/CCc1ccccc1F. The van der Waals surface area contributed by atoms with Crippen LogP contribution >= 0.6 is 0 Å². The van der Waals surface area contributed by atoms with E-state index in [-0.39, 0.29) is 5.82 Å². The van der Waals surface area contributed by atoms with E-state index in [0.29, 0.717) is 0 Å². The van der Waals surface area contributed by atoms with Crippen LogP contribution in [0.5, 0.6) is 0 Å². The second-order valence-corrected chi connectivity index (χ2v) is 2.89. The quantitative estimate of drug-likeness (QED) is 0.617. The summed E-state index contributed by atoms with van der Waals surface area (Å²) in [6.07, 6.45) is 6.50.